The first-order valence-corrected chi connectivity index (χ1v) is 10.2. The van der Waals surface area contributed by atoms with Gasteiger partial charge in [0.1, 0.15) is 0 Å². The Morgan fingerprint density at radius 1 is 1.18 bits per heavy atom. The van der Waals surface area contributed by atoms with E-state index in [9.17, 15) is 18.5 Å². The molecule has 28 heavy (non-hydrogen) atoms. The van der Waals surface area contributed by atoms with E-state index in [1.165, 1.54) is 18.3 Å². The molecule has 0 saturated carbocycles. The third-order valence-electron chi connectivity index (χ3n) is 3.90. The van der Waals surface area contributed by atoms with Gasteiger partial charge in [0, 0.05) is 11.6 Å². The number of ether oxygens (including phenoxy) is 1. The van der Waals surface area contributed by atoms with Crippen LogP contribution in [0.4, 0.5) is 5.69 Å². The minimum absolute atomic E-state index is 0.162. The van der Waals surface area contributed by atoms with Gasteiger partial charge in [-0.25, -0.2) is 4.83 Å². The molecule has 0 fully saturated rings. The second-order valence-electron chi connectivity index (χ2n) is 6.41. The van der Waals surface area contributed by atoms with Crippen LogP contribution in [0.15, 0.2) is 40.3 Å². The quantitative estimate of drug-likeness (QED) is 0.410. The Labute approximate surface area is 164 Å². The van der Waals surface area contributed by atoms with Crippen LogP contribution in [0.2, 0.25) is 0 Å². The van der Waals surface area contributed by atoms with E-state index >= 15 is 0 Å². The van der Waals surface area contributed by atoms with Crippen molar-refractivity contribution in [3.63, 3.8) is 0 Å². The van der Waals surface area contributed by atoms with Crippen LogP contribution in [-0.2, 0) is 10.0 Å². The first-order valence-electron chi connectivity index (χ1n) is 8.69. The van der Waals surface area contributed by atoms with Gasteiger partial charge in [0.25, 0.3) is 10.0 Å². The monoisotopic (exact) mass is 405 g/mol. The maximum absolute atomic E-state index is 12.6. The molecule has 0 atom stereocenters. The number of nitrogens with one attached hydrogen (secondary N) is 1. The molecule has 2 aromatic carbocycles. The number of sulfonamides is 1. The van der Waals surface area contributed by atoms with Crippen molar-refractivity contribution in [1.82, 2.24) is 4.83 Å². The van der Waals surface area contributed by atoms with Gasteiger partial charge in [0.15, 0.2) is 5.75 Å². The van der Waals surface area contributed by atoms with Crippen molar-refractivity contribution in [2.45, 2.75) is 39.0 Å². The smallest absolute Gasteiger partial charge is 0.311 e. The molecule has 0 spiro atoms. The van der Waals surface area contributed by atoms with E-state index in [-0.39, 0.29) is 16.3 Å². The number of benzene rings is 2. The van der Waals surface area contributed by atoms with Gasteiger partial charge in [0.2, 0.25) is 0 Å². The SMILES string of the molecule is CCCOc1ccc(/C=N/NS(=O)(=O)c2c(C)cc(C)cc2C)cc1[N+](=O)[O-]. The molecule has 0 radical (unpaired) electrons. The van der Waals surface area contributed by atoms with E-state index in [4.69, 9.17) is 4.74 Å². The Morgan fingerprint density at radius 2 is 1.82 bits per heavy atom. The maximum atomic E-state index is 12.6. The molecule has 0 heterocycles. The molecule has 150 valence electrons. The van der Waals surface area contributed by atoms with Crippen LogP contribution in [0.25, 0.3) is 0 Å². The van der Waals surface area contributed by atoms with Crippen molar-refractivity contribution < 1.29 is 18.1 Å². The lowest BCUT2D eigenvalue weighted by Gasteiger charge is -2.11. The Morgan fingerprint density at radius 3 is 2.39 bits per heavy atom. The zero-order valence-corrected chi connectivity index (χ0v) is 17.0. The first kappa shape index (κ1) is 21.4. The summed E-state index contributed by atoms with van der Waals surface area (Å²) < 4.78 is 30.5. The average molecular weight is 405 g/mol. The van der Waals surface area contributed by atoms with Crippen molar-refractivity contribution in [3.8, 4) is 5.75 Å². The lowest BCUT2D eigenvalue weighted by atomic mass is 10.1. The molecule has 0 unspecified atom stereocenters. The fourth-order valence-electron chi connectivity index (χ4n) is 2.90. The van der Waals surface area contributed by atoms with Gasteiger partial charge in [-0.3, -0.25) is 10.1 Å². The second kappa shape index (κ2) is 8.83. The number of hydrogen-bond donors (Lipinski definition) is 1. The van der Waals surface area contributed by atoms with E-state index in [1.54, 1.807) is 32.0 Å². The van der Waals surface area contributed by atoms with Crippen LogP contribution in [0.1, 0.15) is 35.6 Å². The third kappa shape index (κ3) is 5.07. The zero-order valence-electron chi connectivity index (χ0n) is 16.2. The van der Waals surface area contributed by atoms with Gasteiger partial charge >= 0.3 is 5.69 Å². The average Bonchev–Trinajstić information content (AvgIpc) is 2.59. The molecular formula is C19H23N3O5S. The molecule has 0 aromatic heterocycles. The van der Waals surface area contributed by atoms with Gasteiger partial charge in [-0.1, -0.05) is 24.6 Å². The van der Waals surface area contributed by atoms with Crippen LogP contribution in [-0.4, -0.2) is 26.2 Å². The van der Waals surface area contributed by atoms with Crippen molar-refractivity contribution in [2.24, 2.45) is 5.10 Å². The number of rotatable bonds is 8. The summed E-state index contributed by atoms with van der Waals surface area (Å²) in [5.41, 5.74) is 2.37. The first-order chi connectivity index (χ1) is 13.2. The summed E-state index contributed by atoms with van der Waals surface area (Å²) in [4.78, 5) is 13.0. The second-order valence-corrected chi connectivity index (χ2v) is 8.01. The molecule has 0 amide bonds. The highest BCUT2D eigenvalue weighted by atomic mass is 32.2. The Kier molecular flexibility index (Phi) is 6.74. The van der Waals surface area contributed by atoms with Crippen LogP contribution >= 0.6 is 0 Å². The summed E-state index contributed by atoms with van der Waals surface area (Å²) in [6.45, 7) is 7.59. The van der Waals surface area contributed by atoms with Crippen LogP contribution in [0.5, 0.6) is 5.75 Å². The standard InChI is InChI=1S/C19H23N3O5S/c1-5-8-27-18-7-6-16(11-17(18)22(23)24)12-20-21-28(25,26)19-14(3)9-13(2)10-15(19)4/h6-7,9-12,21H,5,8H2,1-4H3/b20-12+. The Bertz CT molecular complexity index is 993. The number of hydrazone groups is 1. The maximum Gasteiger partial charge on any atom is 0.311 e. The molecule has 0 aliphatic heterocycles. The van der Waals surface area contributed by atoms with Crippen molar-refractivity contribution >= 4 is 21.9 Å². The fraction of sp³-hybridized carbons (Fsp3) is 0.316. The summed E-state index contributed by atoms with van der Waals surface area (Å²) in [5, 5.41) is 15.0. The molecule has 2 aromatic rings. The summed E-state index contributed by atoms with van der Waals surface area (Å²) in [6, 6.07) is 7.88. The number of nitrogens with zero attached hydrogens (tertiary/aromatic N) is 2. The topological polar surface area (TPSA) is 111 Å². The van der Waals surface area contributed by atoms with E-state index in [0.717, 1.165) is 12.0 Å². The molecule has 0 bridgehead atoms. The number of hydrogen-bond acceptors (Lipinski definition) is 6. The minimum Gasteiger partial charge on any atom is -0.487 e. The summed E-state index contributed by atoms with van der Waals surface area (Å²) in [6.07, 6.45) is 1.94. The van der Waals surface area contributed by atoms with Crippen LogP contribution in [0.3, 0.4) is 0 Å². The molecule has 1 N–H and O–H groups in total. The van der Waals surface area contributed by atoms with Gasteiger partial charge < -0.3 is 4.74 Å². The fourth-order valence-corrected chi connectivity index (χ4v) is 4.15. The van der Waals surface area contributed by atoms with Gasteiger partial charge in [-0.2, -0.15) is 13.5 Å². The van der Waals surface area contributed by atoms with Crippen molar-refractivity contribution in [1.29, 1.82) is 0 Å². The van der Waals surface area contributed by atoms with Crippen molar-refractivity contribution in [2.75, 3.05) is 6.61 Å². The number of nitro groups is 1. The molecule has 2 rings (SSSR count). The molecule has 9 heteroatoms. The van der Waals surface area contributed by atoms with Gasteiger partial charge in [0.05, 0.1) is 22.6 Å². The van der Waals surface area contributed by atoms with E-state index in [1.807, 2.05) is 13.8 Å². The number of aryl methyl sites for hydroxylation is 3. The predicted molar refractivity (Wildman–Crippen MR) is 107 cm³/mol. The lowest BCUT2D eigenvalue weighted by molar-refractivity contribution is -0.385. The Balaban J connectivity index is 2.25. The Hall–Kier alpha value is -2.94. The third-order valence-corrected chi connectivity index (χ3v) is 5.43. The van der Waals surface area contributed by atoms with E-state index < -0.39 is 14.9 Å². The highest BCUT2D eigenvalue weighted by molar-refractivity contribution is 7.89. The zero-order chi connectivity index (χ0) is 20.9. The molecule has 0 saturated heterocycles. The van der Waals surface area contributed by atoms with Gasteiger partial charge in [-0.15, -0.1) is 0 Å². The number of nitro benzene ring substituents is 1. The lowest BCUT2D eigenvalue weighted by Crippen LogP contribution is -2.20. The minimum atomic E-state index is -3.86. The normalized spacial score (nSPS) is 11.6. The van der Waals surface area contributed by atoms with Gasteiger partial charge in [-0.05, 0) is 50.5 Å². The van der Waals surface area contributed by atoms with Crippen molar-refractivity contribution in [3.05, 3.63) is 62.7 Å². The predicted octanol–water partition coefficient (Wildman–Crippen LogP) is 3.62. The molecule has 0 aliphatic carbocycles. The summed E-state index contributed by atoms with van der Waals surface area (Å²) in [5.74, 6) is 0.162. The highest BCUT2D eigenvalue weighted by Gasteiger charge is 2.19. The molecular weight excluding hydrogens is 382 g/mol. The largest absolute Gasteiger partial charge is 0.487 e. The highest BCUT2D eigenvalue weighted by Crippen LogP contribution is 2.27. The summed E-state index contributed by atoms with van der Waals surface area (Å²) >= 11 is 0. The summed E-state index contributed by atoms with van der Waals surface area (Å²) in [7, 11) is -3.86. The van der Waals surface area contributed by atoms with E-state index in [0.29, 0.717) is 23.3 Å². The molecule has 8 nitrogen and oxygen atoms in total. The molecule has 0 aliphatic rings. The van der Waals surface area contributed by atoms with Crippen LogP contribution < -0.4 is 9.57 Å². The van der Waals surface area contributed by atoms with Crippen LogP contribution in [0, 0.1) is 30.9 Å². The van der Waals surface area contributed by atoms with E-state index in [2.05, 4.69) is 9.93 Å².